The molecule has 108 valence electrons. The summed E-state index contributed by atoms with van der Waals surface area (Å²) in [7, 11) is 0. The van der Waals surface area contributed by atoms with Gasteiger partial charge >= 0.3 is 6.18 Å². The fraction of sp³-hybridized carbons (Fsp3) is 0.214. The maximum atomic E-state index is 12.1. The summed E-state index contributed by atoms with van der Waals surface area (Å²) in [5.41, 5.74) is 0.446. The van der Waals surface area contributed by atoms with Crippen LogP contribution in [0.2, 0.25) is 0 Å². The lowest BCUT2D eigenvalue weighted by molar-refractivity contribution is -0.138. The highest BCUT2D eigenvalue weighted by Gasteiger charge is 2.33. The van der Waals surface area contributed by atoms with Crippen LogP contribution in [0.5, 0.6) is 5.75 Å². The molecular formula is C14H14F3NO2. The molecule has 0 bridgehead atoms. The summed E-state index contributed by atoms with van der Waals surface area (Å²) < 4.78 is 36.2. The predicted molar refractivity (Wildman–Crippen MR) is 69.6 cm³/mol. The van der Waals surface area contributed by atoms with E-state index >= 15 is 0 Å². The Bertz CT molecular complexity index is 633. The molecule has 0 aliphatic heterocycles. The Morgan fingerprint density at radius 2 is 1.65 bits per heavy atom. The first-order chi connectivity index (χ1) is 9.20. The van der Waals surface area contributed by atoms with Crippen molar-refractivity contribution in [2.24, 2.45) is 0 Å². The minimum Gasteiger partial charge on any atom is -0.507 e. The highest BCUT2D eigenvalue weighted by Crippen LogP contribution is 2.35. The molecule has 1 heterocycles. The van der Waals surface area contributed by atoms with Gasteiger partial charge in [-0.05, 0) is 37.6 Å². The number of phenolic OH excluding ortho intramolecular Hbond substituents is 1. The number of rotatable bonds is 0. The number of aryl methyl sites for hydroxylation is 2. The van der Waals surface area contributed by atoms with Crippen molar-refractivity contribution < 1.29 is 18.3 Å². The van der Waals surface area contributed by atoms with E-state index in [9.17, 15) is 18.0 Å². The van der Waals surface area contributed by atoms with E-state index in [0.717, 1.165) is 17.7 Å². The van der Waals surface area contributed by atoms with Gasteiger partial charge in [-0.15, -0.1) is 0 Å². The van der Waals surface area contributed by atoms with Gasteiger partial charge < -0.3 is 10.1 Å². The SMILES string of the molecule is Cc1cc[nH]c(=O)c1.Cc1ccc(O)c(C(F)(F)F)c1. The Morgan fingerprint density at radius 3 is 2.05 bits per heavy atom. The van der Waals surface area contributed by atoms with E-state index in [-0.39, 0.29) is 5.56 Å². The van der Waals surface area contributed by atoms with Crippen LogP contribution in [-0.2, 0) is 6.18 Å². The molecule has 0 amide bonds. The normalized spacial score (nSPS) is 10.7. The van der Waals surface area contributed by atoms with E-state index in [1.807, 2.05) is 13.0 Å². The summed E-state index contributed by atoms with van der Waals surface area (Å²) in [4.78, 5) is 13.0. The Morgan fingerprint density at radius 1 is 1.05 bits per heavy atom. The molecular weight excluding hydrogens is 271 g/mol. The van der Waals surface area contributed by atoms with E-state index in [0.29, 0.717) is 5.56 Å². The van der Waals surface area contributed by atoms with Crippen LogP contribution >= 0.6 is 0 Å². The van der Waals surface area contributed by atoms with E-state index in [1.165, 1.54) is 13.0 Å². The number of aromatic amines is 1. The van der Waals surface area contributed by atoms with Gasteiger partial charge in [-0.3, -0.25) is 4.79 Å². The van der Waals surface area contributed by atoms with E-state index in [2.05, 4.69) is 4.98 Å². The quantitative estimate of drug-likeness (QED) is 0.779. The van der Waals surface area contributed by atoms with Gasteiger partial charge in [0.15, 0.2) is 0 Å². The zero-order valence-electron chi connectivity index (χ0n) is 11.0. The summed E-state index contributed by atoms with van der Waals surface area (Å²) in [5, 5.41) is 8.85. The molecule has 1 aromatic heterocycles. The number of nitrogens with one attached hydrogen (secondary N) is 1. The third-order valence-corrected chi connectivity index (χ3v) is 2.39. The largest absolute Gasteiger partial charge is 0.507 e. The number of aromatic hydroxyl groups is 1. The molecule has 0 saturated carbocycles. The third-order valence-electron chi connectivity index (χ3n) is 2.39. The number of halogens is 3. The summed E-state index contributed by atoms with van der Waals surface area (Å²) in [6.07, 6.45) is -2.84. The first-order valence-electron chi connectivity index (χ1n) is 5.72. The number of H-pyrrole nitrogens is 1. The van der Waals surface area contributed by atoms with E-state index in [1.54, 1.807) is 12.3 Å². The van der Waals surface area contributed by atoms with Gasteiger partial charge in [0, 0.05) is 12.3 Å². The number of phenols is 1. The second-order valence-corrected chi connectivity index (χ2v) is 4.25. The molecule has 0 aliphatic rings. The molecule has 0 unspecified atom stereocenters. The second kappa shape index (κ2) is 6.27. The van der Waals surface area contributed by atoms with Crippen LogP contribution in [0.3, 0.4) is 0 Å². The van der Waals surface area contributed by atoms with Crippen molar-refractivity contribution in [3.8, 4) is 5.75 Å². The maximum absolute atomic E-state index is 12.1. The summed E-state index contributed by atoms with van der Waals surface area (Å²) in [6, 6.07) is 6.78. The van der Waals surface area contributed by atoms with Crippen molar-refractivity contribution >= 4 is 0 Å². The van der Waals surface area contributed by atoms with Crippen molar-refractivity contribution in [1.82, 2.24) is 4.98 Å². The van der Waals surface area contributed by atoms with Gasteiger partial charge in [-0.1, -0.05) is 11.6 Å². The average molecular weight is 285 g/mol. The molecule has 2 aromatic rings. The van der Waals surface area contributed by atoms with Gasteiger partial charge in [0.2, 0.25) is 5.56 Å². The van der Waals surface area contributed by atoms with Crippen LogP contribution in [0.15, 0.2) is 41.3 Å². The molecule has 6 heteroatoms. The molecule has 0 radical (unpaired) electrons. The number of benzene rings is 1. The van der Waals surface area contributed by atoms with Gasteiger partial charge in [0.05, 0.1) is 5.56 Å². The molecule has 0 spiro atoms. The zero-order chi connectivity index (χ0) is 15.3. The average Bonchev–Trinajstić information content (AvgIpc) is 2.31. The third kappa shape index (κ3) is 4.79. The van der Waals surface area contributed by atoms with Crippen molar-refractivity contribution in [1.29, 1.82) is 0 Å². The van der Waals surface area contributed by atoms with E-state index in [4.69, 9.17) is 5.11 Å². The number of pyridine rings is 1. The lowest BCUT2D eigenvalue weighted by Gasteiger charge is -2.08. The van der Waals surface area contributed by atoms with Crippen LogP contribution < -0.4 is 5.56 Å². The molecule has 0 atom stereocenters. The minimum atomic E-state index is -4.48. The monoisotopic (exact) mass is 285 g/mol. The molecule has 20 heavy (non-hydrogen) atoms. The van der Waals surface area contributed by atoms with Gasteiger partial charge in [-0.25, -0.2) is 0 Å². The Hall–Kier alpha value is -2.24. The molecule has 0 aliphatic carbocycles. The Labute approximate surface area is 113 Å². The Balaban J connectivity index is 0.000000217. The smallest absolute Gasteiger partial charge is 0.419 e. The van der Waals surface area contributed by atoms with Crippen molar-refractivity contribution in [3.05, 3.63) is 63.6 Å². The first-order valence-corrected chi connectivity index (χ1v) is 5.72. The number of hydrogen-bond acceptors (Lipinski definition) is 2. The van der Waals surface area contributed by atoms with Gasteiger partial charge in [0.1, 0.15) is 5.75 Å². The summed E-state index contributed by atoms with van der Waals surface area (Å²) in [5.74, 6) is -0.729. The molecule has 0 saturated heterocycles. The number of hydrogen-bond donors (Lipinski definition) is 2. The first kappa shape index (κ1) is 15.8. The Kier molecular flexibility index (Phi) is 4.96. The van der Waals surface area contributed by atoms with Crippen LogP contribution in [0.1, 0.15) is 16.7 Å². The lowest BCUT2D eigenvalue weighted by atomic mass is 10.1. The van der Waals surface area contributed by atoms with Crippen molar-refractivity contribution in [2.45, 2.75) is 20.0 Å². The fourth-order valence-corrected chi connectivity index (χ4v) is 1.43. The molecule has 3 nitrogen and oxygen atoms in total. The molecule has 1 aromatic carbocycles. The summed E-state index contributed by atoms with van der Waals surface area (Å²) >= 11 is 0. The standard InChI is InChI=1S/C8H7F3O.C6H7NO/c1-5-2-3-7(12)6(4-5)8(9,10)11;1-5-2-3-7-6(8)4-5/h2-4,12H,1H3;2-4H,1H3,(H,7,8). The maximum Gasteiger partial charge on any atom is 0.419 e. The molecule has 2 N–H and O–H groups in total. The van der Waals surface area contributed by atoms with Crippen LogP contribution in [0.4, 0.5) is 13.2 Å². The predicted octanol–water partition coefficient (Wildman–Crippen LogP) is 3.40. The van der Waals surface area contributed by atoms with Crippen LogP contribution in [0.25, 0.3) is 0 Å². The molecule has 0 fully saturated rings. The lowest BCUT2D eigenvalue weighted by Crippen LogP contribution is -2.05. The van der Waals surface area contributed by atoms with Gasteiger partial charge in [0.25, 0.3) is 0 Å². The highest BCUT2D eigenvalue weighted by molar-refractivity contribution is 5.37. The number of alkyl halides is 3. The number of aromatic nitrogens is 1. The second-order valence-electron chi connectivity index (χ2n) is 4.25. The molecule has 2 rings (SSSR count). The van der Waals surface area contributed by atoms with E-state index < -0.39 is 17.5 Å². The van der Waals surface area contributed by atoms with Crippen LogP contribution in [0, 0.1) is 13.8 Å². The topological polar surface area (TPSA) is 53.1 Å². The van der Waals surface area contributed by atoms with Crippen LogP contribution in [-0.4, -0.2) is 10.1 Å². The van der Waals surface area contributed by atoms with Crippen molar-refractivity contribution in [3.63, 3.8) is 0 Å². The summed E-state index contributed by atoms with van der Waals surface area (Å²) in [6.45, 7) is 3.42. The minimum absolute atomic E-state index is 0.0370. The highest BCUT2D eigenvalue weighted by atomic mass is 19.4. The zero-order valence-corrected chi connectivity index (χ0v) is 11.0. The van der Waals surface area contributed by atoms with Gasteiger partial charge in [-0.2, -0.15) is 13.2 Å². The fourth-order valence-electron chi connectivity index (χ4n) is 1.43. The van der Waals surface area contributed by atoms with Crippen molar-refractivity contribution in [2.75, 3.05) is 0 Å².